The average molecular weight is 319 g/mol. The normalized spacial score (nSPS) is 25.2. The second kappa shape index (κ2) is 5.64. The first-order chi connectivity index (χ1) is 11.0. The molecule has 1 amide bonds. The fourth-order valence-electron chi connectivity index (χ4n) is 3.14. The number of benzene rings is 1. The van der Waals surface area contributed by atoms with Crippen LogP contribution in [0.5, 0.6) is 5.75 Å². The van der Waals surface area contributed by atoms with Crippen LogP contribution in [-0.2, 0) is 15.9 Å². The van der Waals surface area contributed by atoms with Gasteiger partial charge in [0.15, 0.2) is 0 Å². The van der Waals surface area contributed by atoms with Crippen LogP contribution in [0.4, 0.5) is 10.5 Å². The number of methoxy groups -OCH3 is 1. The highest BCUT2D eigenvalue weighted by molar-refractivity contribution is 5.90. The Bertz CT molecular complexity index is 661. The zero-order chi connectivity index (χ0) is 16.6. The summed E-state index contributed by atoms with van der Waals surface area (Å²) in [6.45, 7) is 4.67. The van der Waals surface area contributed by atoms with E-state index in [0.29, 0.717) is 31.0 Å². The summed E-state index contributed by atoms with van der Waals surface area (Å²) >= 11 is 0. The maximum absolute atomic E-state index is 12.0. The van der Waals surface area contributed by atoms with Gasteiger partial charge in [-0.1, -0.05) is 12.1 Å². The van der Waals surface area contributed by atoms with Gasteiger partial charge in [0.05, 0.1) is 12.8 Å². The number of carbonyl (C=O) groups excluding carboxylic acids is 1. The Hall–Kier alpha value is -2.44. The van der Waals surface area contributed by atoms with E-state index in [0.717, 1.165) is 5.56 Å². The molecule has 0 saturated heterocycles. The minimum Gasteiger partial charge on any atom is -0.488 e. The maximum Gasteiger partial charge on any atom is 0.414 e. The van der Waals surface area contributed by atoms with Gasteiger partial charge in [0.2, 0.25) is 0 Å². The summed E-state index contributed by atoms with van der Waals surface area (Å²) in [5.74, 6) is 0.693. The molecule has 0 radical (unpaired) electrons. The number of amides is 1. The van der Waals surface area contributed by atoms with Crippen molar-refractivity contribution >= 4 is 17.8 Å². The Morgan fingerprint density at radius 1 is 1.57 bits per heavy atom. The van der Waals surface area contributed by atoms with E-state index in [2.05, 4.69) is 4.99 Å². The monoisotopic (exact) mass is 319 g/mol. The van der Waals surface area contributed by atoms with Crippen molar-refractivity contribution < 1.29 is 19.0 Å². The summed E-state index contributed by atoms with van der Waals surface area (Å²) in [6, 6.07) is 5.92. The molecule has 0 fully saturated rings. The van der Waals surface area contributed by atoms with E-state index in [4.69, 9.17) is 19.9 Å². The molecule has 0 aromatic heterocycles. The Morgan fingerprint density at radius 2 is 2.35 bits per heavy atom. The zero-order valence-corrected chi connectivity index (χ0v) is 13.5. The summed E-state index contributed by atoms with van der Waals surface area (Å²) in [5.41, 5.74) is 6.89. The highest BCUT2D eigenvalue weighted by Crippen LogP contribution is 2.42. The fraction of sp³-hybridized carbons (Fsp3) is 0.500. The molecule has 2 unspecified atom stereocenters. The number of amidine groups is 1. The summed E-state index contributed by atoms with van der Waals surface area (Å²) < 4.78 is 16.3. The number of aliphatic imine (C=N–C) groups is 1. The molecule has 2 aliphatic rings. The van der Waals surface area contributed by atoms with Crippen LogP contribution in [0.1, 0.15) is 19.4 Å². The number of nitrogens with two attached hydrogens (primary N) is 1. The molecule has 2 heterocycles. The van der Waals surface area contributed by atoms with Crippen molar-refractivity contribution in [3.8, 4) is 5.75 Å². The standard InChI is InChI=1S/C16H21N3O4/c1-4-19(15(20)21-3)12-7-5-6-11-8-16(9-22-13(11)12)10(2)23-14(17)18-16/h5-7,10H,4,8-9H2,1-3H3,(H2,17,18). The second-order valence-corrected chi connectivity index (χ2v) is 5.76. The summed E-state index contributed by atoms with van der Waals surface area (Å²) in [5, 5.41) is 0. The number of anilines is 1. The summed E-state index contributed by atoms with van der Waals surface area (Å²) in [6.07, 6.45) is 0.0864. The molecule has 2 aliphatic heterocycles. The zero-order valence-electron chi connectivity index (χ0n) is 13.5. The molecule has 2 atom stereocenters. The van der Waals surface area contributed by atoms with Gasteiger partial charge in [-0.15, -0.1) is 0 Å². The largest absolute Gasteiger partial charge is 0.488 e. The lowest BCUT2D eigenvalue weighted by molar-refractivity contribution is 0.0931. The molecule has 1 spiro atoms. The number of fused-ring (bicyclic) bond motifs is 1. The van der Waals surface area contributed by atoms with E-state index in [1.807, 2.05) is 32.0 Å². The predicted octanol–water partition coefficient (Wildman–Crippen LogP) is 1.69. The molecule has 7 heteroatoms. The van der Waals surface area contributed by atoms with Gasteiger partial charge in [-0.25, -0.2) is 9.79 Å². The minimum absolute atomic E-state index is 0.151. The SMILES string of the molecule is CCN(C(=O)OC)c1cccc2c1OCC1(C2)N=C(N)OC1C. The molecule has 0 aliphatic carbocycles. The third kappa shape index (κ3) is 2.46. The van der Waals surface area contributed by atoms with Gasteiger partial charge in [-0.05, 0) is 25.5 Å². The Morgan fingerprint density at radius 3 is 2.96 bits per heavy atom. The van der Waals surface area contributed by atoms with Crippen LogP contribution >= 0.6 is 0 Å². The van der Waals surface area contributed by atoms with Crippen LogP contribution in [0, 0.1) is 0 Å². The third-order valence-electron chi connectivity index (χ3n) is 4.43. The van der Waals surface area contributed by atoms with Gasteiger partial charge in [0.1, 0.15) is 24.0 Å². The van der Waals surface area contributed by atoms with Gasteiger partial charge >= 0.3 is 6.09 Å². The smallest absolute Gasteiger partial charge is 0.414 e. The molecule has 7 nitrogen and oxygen atoms in total. The minimum atomic E-state index is -0.502. The number of hydrogen-bond donors (Lipinski definition) is 1. The Kier molecular flexibility index (Phi) is 3.79. The fourth-order valence-corrected chi connectivity index (χ4v) is 3.14. The van der Waals surface area contributed by atoms with Crippen LogP contribution in [0.2, 0.25) is 0 Å². The van der Waals surface area contributed by atoms with E-state index < -0.39 is 11.6 Å². The Labute approximate surface area is 135 Å². The molecule has 0 saturated carbocycles. The number of hydrogen-bond acceptors (Lipinski definition) is 6. The van der Waals surface area contributed by atoms with Crippen molar-refractivity contribution in [1.82, 2.24) is 0 Å². The summed E-state index contributed by atoms with van der Waals surface area (Å²) in [4.78, 5) is 18.0. The molecule has 124 valence electrons. The number of para-hydroxylation sites is 1. The lowest BCUT2D eigenvalue weighted by Gasteiger charge is -2.35. The van der Waals surface area contributed by atoms with Crippen LogP contribution in [0.15, 0.2) is 23.2 Å². The van der Waals surface area contributed by atoms with Crippen LogP contribution in [-0.4, -0.2) is 44.0 Å². The van der Waals surface area contributed by atoms with Crippen molar-refractivity contribution in [2.45, 2.75) is 31.9 Å². The topological polar surface area (TPSA) is 86.4 Å². The second-order valence-electron chi connectivity index (χ2n) is 5.76. The summed E-state index contributed by atoms with van der Waals surface area (Å²) in [7, 11) is 1.37. The molecule has 1 aromatic rings. The van der Waals surface area contributed by atoms with Crippen molar-refractivity contribution in [2.75, 3.05) is 25.2 Å². The quantitative estimate of drug-likeness (QED) is 0.896. The van der Waals surface area contributed by atoms with Crippen molar-refractivity contribution in [3.05, 3.63) is 23.8 Å². The first-order valence-electron chi connectivity index (χ1n) is 7.63. The number of rotatable bonds is 2. The van der Waals surface area contributed by atoms with Gasteiger partial charge in [-0.3, -0.25) is 4.90 Å². The van der Waals surface area contributed by atoms with Gasteiger partial charge < -0.3 is 19.9 Å². The van der Waals surface area contributed by atoms with Crippen molar-refractivity contribution in [2.24, 2.45) is 10.7 Å². The molecular formula is C16H21N3O4. The molecule has 0 bridgehead atoms. The highest BCUT2D eigenvalue weighted by atomic mass is 16.5. The number of carbonyl (C=O) groups is 1. The average Bonchev–Trinajstić information content (AvgIpc) is 2.81. The lowest BCUT2D eigenvalue weighted by Crippen LogP contribution is -2.47. The molecule has 3 rings (SSSR count). The van der Waals surface area contributed by atoms with E-state index in [1.165, 1.54) is 7.11 Å². The van der Waals surface area contributed by atoms with E-state index in [1.54, 1.807) is 4.90 Å². The maximum atomic E-state index is 12.0. The van der Waals surface area contributed by atoms with Crippen LogP contribution in [0.25, 0.3) is 0 Å². The number of nitrogens with zero attached hydrogens (tertiary/aromatic N) is 2. The van der Waals surface area contributed by atoms with Crippen molar-refractivity contribution in [3.63, 3.8) is 0 Å². The first-order valence-corrected chi connectivity index (χ1v) is 7.63. The van der Waals surface area contributed by atoms with E-state index in [-0.39, 0.29) is 12.1 Å². The molecule has 1 aromatic carbocycles. The lowest BCUT2D eigenvalue weighted by atomic mass is 9.85. The number of ether oxygens (including phenoxy) is 3. The third-order valence-corrected chi connectivity index (χ3v) is 4.43. The van der Waals surface area contributed by atoms with Crippen LogP contribution in [0.3, 0.4) is 0 Å². The van der Waals surface area contributed by atoms with E-state index in [9.17, 15) is 4.79 Å². The molecule has 2 N–H and O–H groups in total. The van der Waals surface area contributed by atoms with Crippen LogP contribution < -0.4 is 15.4 Å². The molecular weight excluding hydrogens is 298 g/mol. The van der Waals surface area contributed by atoms with E-state index >= 15 is 0 Å². The first kappa shape index (κ1) is 15.5. The van der Waals surface area contributed by atoms with Crippen molar-refractivity contribution in [1.29, 1.82) is 0 Å². The Balaban J connectivity index is 1.97. The predicted molar refractivity (Wildman–Crippen MR) is 86.0 cm³/mol. The van der Waals surface area contributed by atoms with Gasteiger partial charge in [0.25, 0.3) is 6.02 Å². The van der Waals surface area contributed by atoms with Gasteiger partial charge in [0, 0.05) is 13.0 Å². The van der Waals surface area contributed by atoms with Gasteiger partial charge in [-0.2, -0.15) is 0 Å². The molecule has 23 heavy (non-hydrogen) atoms. The highest BCUT2D eigenvalue weighted by Gasteiger charge is 2.47.